The number of nitrogens with zero attached hydrogens (tertiary/aromatic N) is 1. The number of nitrogens with one attached hydrogen (secondary N) is 1. The molecule has 0 unspecified atom stereocenters. The summed E-state index contributed by atoms with van der Waals surface area (Å²) in [5, 5.41) is 3.20. The van der Waals surface area contributed by atoms with E-state index in [1.54, 1.807) is 17.0 Å². The van der Waals surface area contributed by atoms with E-state index >= 15 is 0 Å². The molecule has 0 bridgehead atoms. The number of rotatable bonds is 4. The maximum Gasteiger partial charge on any atom is 0.253 e. The smallest absolute Gasteiger partial charge is 0.253 e. The number of piperazine rings is 1. The van der Waals surface area contributed by atoms with Gasteiger partial charge in [-0.1, -0.05) is 13.8 Å². The highest BCUT2D eigenvalue weighted by Gasteiger charge is 2.20. The summed E-state index contributed by atoms with van der Waals surface area (Å²) in [7, 11) is -3.26. The second kappa shape index (κ2) is 6.58. The topological polar surface area (TPSA) is 66.5 Å². The minimum atomic E-state index is -3.26. The minimum absolute atomic E-state index is 0.0377. The zero-order valence-electron chi connectivity index (χ0n) is 12.5. The number of hydrogen-bond acceptors (Lipinski definition) is 4. The summed E-state index contributed by atoms with van der Waals surface area (Å²) in [4.78, 5) is 14.4. The van der Waals surface area contributed by atoms with Crippen molar-refractivity contribution in [3.63, 3.8) is 0 Å². The van der Waals surface area contributed by atoms with Crippen molar-refractivity contribution in [2.75, 3.05) is 31.9 Å². The first-order chi connectivity index (χ1) is 9.90. The van der Waals surface area contributed by atoms with E-state index in [4.69, 9.17) is 0 Å². The molecule has 1 aromatic carbocycles. The Morgan fingerprint density at radius 2 is 1.76 bits per heavy atom. The van der Waals surface area contributed by atoms with Crippen LogP contribution in [0.3, 0.4) is 0 Å². The fourth-order valence-corrected chi connectivity index (χ4v) is 4.01. The molecule has 1 saturated heterocycles. The highest BCUT2D eigenvalue weighted by Crippen LogP contribution is 2.16. The molecule has 1 aliphatic heterocycles. The van der Waals surface area contributed by atoms with Crippen LogP contribution in [-0.4, -0.2) is 51.2 Å². The summed E-state index contributed by atoms with van der Waals surface area (Å²) in [6.07, 6.45) is 0. The largest absolute Gasteiger partial charge is 0.336 e. The fourth-order valence-electron chi connectivity index (χ4n) is 2.39. The summed E-state index contributed by atoms with van der Waals surface area (Å²) < 4.78 is 24.2. The molecule has 0 saturated carbocycles. The molecule has 21 heavy (non-hydrogen) atoms. The zero-order valence-corrected chi connectivity index (χ0v) is 13.3. The molecule has 0 aliphatic carbocycles. The Labute approximate surface area is 126 Å². The Balaban J connectivity index is 2.13. The third kappa shape index (κ3) is 4.04. The number of hydrogen-bond donors (Lipinski definition) is 1. The van der Waals surface area contributed by atoms with Crippen LogP contribution in [0, 0.1) is 5.92 Å². The first kappa shape index (κ1) is 16.0. The molecule has 6 heteroatoms. The standard InChI is InChI=1S/C15H22N2O3S/c1-12(2)11-21(19,20)14-5-3-13(4-6-14)15(18)17-9-7-16-8-10-17/h3-6,12,16H,7-11H2,1-2H3. The first-order valence-electron chi connectivity index (χ1n) is 7.23. The molecule has 5 nitrogen and oxygen atoms in total. The van der Waals surface area contributed by atoms with Gasteiger partial charge in [0, 0.05) is 31.7 Å². The van der Waals surface area contributed by atoms with Gasteiger partial charge in [-0.2, -0.15) is 0 Å². The highest BCUT2D eigenvalue weighted by molar-refractivity contribution is 7.91. The fraction of sp³-hybridized carbons (Fsp3) is 0.533. The van der Waals surface area contributed by atoms with Crippen molar-refractivity contribution in [1.82, 2.24) is 10.2 Å². The van der Waals surface area contributed by atoms with E-state index in [2.05, 4.69) is 5.32 Å². The van der Waals surface area contributed by atoms with Gasteiger partial charge in [0.2, 0.25) is 0 Å². The van der Waals surface area contributed by atoms with E-state index in [1.165, 1.54) is 12.1 Å². The first-order valence-corrected chi connectivity index (χ1v) is 8.88. The van der Waals surface area contributed by atoms with E-state index in [0.717, 1.165) is 13.1 Å². The van der Waals surface area contributed by atoms with Crippen LogP contribution in [0.15, 0.2) is 29.2 Å². The monoisotopic (exact) mass is 310 g/mol. The Hall–Kier alpha value is -1.40. The van der Waals surface area contributed by atoms with Crippen LogP contribution >= 0.6 is 0 Å². The van der Waals surface area contributed by atoms with Gasteiger partial charge >= 0.3 is 0 Å². The Morgan fingerprint density at radius 1 is 1.19 bits per heavy atom. The molecule has 2 rings (SSSR count). The van der Waals surface area contributed by atoms with Gasteiger partial charge in [-0.15, -0.1) is 0 Å². The second-order valence-corrected chi connectivity index (χ2v) is 7.78. The number of benzene rings is 1. The third-order valence-corrected chi connectivity index (χ3v) is 5.51. The van der Waals surface area contributed by atoms with Crippen molar-refractivity contribution in [3.8, 4) is 0 Å². The molecule has 0 spiro atoms. The molecule has 1 aromatic rings. The molecule has 0 aromatic heterocycles. The molecular formula is C15H22N2O3S. The summed E-state index contributed by atoms with van der Waals surface area (Å²) in [5.41, 5.74) is 0.542. The van der Waals surface area contributed by atoms with E-state index in [9.17, 15) is 13.2 Å². The van der Waals surface area contributed by atoms with Crippen LogP contribution in [0.1, 0.15) is 24.2 Å². The third-order valence-electron chi connectivity index (χ3n) is 3.42. The maximum atomic E-state index is 12.3. The van der Waals surface area contributed by atoms with Gasteiger partial charge in [-0.25, -0.2) is 8.42 Å². The molecule has 1 aliphatic rings. The van der Waals surface area contributed by atoms with Gasteiger partial charge in [0.05, 0.1) is 10.6 Å². The van der Waals surface area contributed by atoms with Crippen molar-refractivity contribution in [1.29, 1.82) is 0 Å². The van der Waals surface area contributed by atoms with Gasteiger partial charge in [0.1, 0.15) is 0 Å². The maximum absolute atomic E-state index is 12.3. The molecule has 0 atom stereocenters. The van der Waals surface area contributed by atoms with E-state index in [0.29, 0.717) is 18.7 Å². The Morgan fingerprint density at radius 3 is 2.29 bits per heavy atom. The lowest BCUT2D eigenvalue weighted by molar-refractivity contribution is 0.0735. The van der Waals surface area contributed by atoms with Crippen LogP contribution in [0.4, 0.5) is 0 Å². The molecule has 1 fully saturated rings. The normalized spacial score (nSPS) is 16.2. The zero-order chi connectivity index (χ0) is 15.5. The molecular weight excluding hydrogens is 288 g/mol. The number of amides is 1. The average molecular weight is 310 g/mol. The second-order valence-electron chi connectivity index (χ2n) is 5.74. The Bertz CT molecular complexity index is 588. The average Bonchev–Trinajstić information content (AvgIpc) is 2.46. The molecule has 116 valence electrons. The summed E-state index contributed by atoms with van der Waals surface area (Å²) in [6, 6.07) is 6.29. The van der Waals surface area contributed by atoms with Gasteiger partial charge in [-0.3, -0.25) is 4.79 Å². The lowest BCUT2D eigenvalue weighted by Crippen LogP contribution is -2.46. The summed E-state index contributed by atoms with van der Waals surface area (Å²) in [6.45, 7) is 6.72. The van der Waals surface area contributed by atoms with Gasteiger partial charge < -0.3 is 10.2 Å². The molecule has 1 amide bonds. The van der Waals surface area contributed by atoms with Crippen molar-refractivity contribution >= 4 is 15.7 Å². The van der Waals surface area contributed by atoms with E-state index < -0.39 is 9.84 Å². The quantitative estimate of drug-likeness (QED) is 0.906. The molecule has 0 radical (unpaired) electrons. The van der Waals surface area contributed by atoms with Crippen LogP contribution < -0.4 is 5.32 Å². The van der Waals surface area contributed by atoms with Crippen molar-refractivity contribution in [2.24, 2.45) is 5.92 Å². The van der Waals surface area contributed by atoms with E-state index in [-0.39, 0.29) is 22.5 Å². The number of sulfone groups is 1. The molecule has 1 heterocycles. The summed E-state index contributed by atoms with van der Waals surface area (Å²) in [5.74, 6) is 0.166. The van der Waals surface area contributed by atoms with Crippen LogP contribution in [-0.2, 0) is 9.84 Å². The lowest BCUT2D eigenvalue weighted by Gasteiger charge is -2.27. The van der Waals surface area contributed by atoms with Crippen LogP contribution in [0.2, 0.25) is 0 Å². The van der Waals surface area contributed by atoms with Gasteiger partial charge in [0.25, 0.3) is 5.91 Å². The Kier molecular flexibility index (Phi) is 5.00. The lowest BCUT2D eigenvalue weighted by atomic mass is 10.2. The molecule has 1 N–H and O–H groups in total. The highest BCUT2D eigenvalue weighted by atomic mass is 32.2. The van der Waals surface area contributed by atoms with Crippen LogP contribution in [0.5, 0.6) is 0 Å². The number of carbonyl (C=O) groups is 1. The minimum Gasteiger partial charge on any atom is -0.336 e. The van der Waals surface area contributed by atoms with Crippen molar-refractivity contribution < 1.29 is 13.2 Å². The van der Waals surface area contributed by atoms with Crippen molar-refractivity contribution in [3.05, 3.63) is 29.8 Å². The predicted molar refractivity (Wildman–Crippen MR) is 82.1 cm³/mol. The van der Waals surface area contributed by atoms with Crippen molar-refractivity contribution in [2.45, 2.75) is 18.7 Å². The van der Waals surface area contributed by atoms with Crippen LogP contribution in [0.25, 0.3) is 0 Å². The number of carbonyl (C=O) groups excluding carboxylic acids is 1. The summed E-state index contributed by atoms with van der Waals surface area (Å²) >= 11 is 0. The van der Waals surface area contributed by atoms with E-state index in [1.807, 2.05) is 13.8 Å². The SMILES string of the molecule is CC(C)CS(=O)(=O)c1ccc(C(=O)N2CCNCC2)cc1. The predicted octanol–water partition coefficient (Wildman–Crippen LogP) is 1.16. The van der Waals surface area contributed by atoms with Gasteiger partial charge in [0.15, 0.2) is 9.84 Å². The van der Waals surface area contributed by atoms with Gasteiger partial charge in [-0.05, 0) is 30.2 Å².